The van der Waals surface area contributed by atoms with Crippen molar-refractivity contribution in [3.8, 4) is 5.75 Å². The van der Waals surface area contributed by atoms with Crippen LogP contribution in [-0.2, 0) is 25.7 Å². The van der Waals surface area contributed by atoms with Crippen LogP contribution in [-0.4, -0.2) is 52.7 Å². The fraction of sp³-hybridized carbons (Fsp3) is 0.609. The number of carbonyl (C=O) groups is 3. The Kier molecular flexibility index (Phi) is 7.13. The number of esters is 2. The van der Waals surface area contributed by atoms with Crippen LogP contribution in [0.4, 0.5) is 0 Å². The van der Waals surface area contributed by atoms with E-state index in [1.807, 2.05) is 24.3 Å². The molecule has 0 radical (unpaired) electrons. The second kappa shape index (κ2) is 9.60. The number of hydrogen-bond acceptors (Lipinski definition) is 5. The summed E-state index contributed by atoms with van der Waals surface area (Å²) < 4.78 is 12.1. The van der Waals surface area contributed by atoms with Crippen molar-refractivity contribution < 1.29 is 33.4 Å². The number of rotatable bonds is 9. The first-order chi connectivity index (χ1) is 14.3. The molecular formula is C23H32NO6+. The zero-order chi connectivity index (χ0) is 21.7. The highest BCUT2D eigenvalue weighted by Gasteiger charge is 2.52. The summed E-state index contributed by atoms with van der Waals surface area (Å²) in [6, 6.07) is 8.49. The second-order valence-electron chi connectivity index (χ2n) is 8.66. The van der Waals surface area contributed by atoms with Crippen LogP contribution in [0.3, 0.4) is 0 Å². The normalized spacial score (nSPS) is 27.5. The Hall–Kier alpha value is -2.41. The van der Waals surface area contributed by atoms with Gasteiger partial charge in [0.25, 0.3) is 0 Å². The van der Waals surface area contributed by atoms with E-state index in [-0.39, 0.29) is 30.9 Å². The third-order valence-corrected chi connectivity index (χ3v) is 6.64. The van der Waals surface area contributed by atoms with Crippen molar-refractivity contribution in [1.82, 2.24) is 0 Å². The lowest BCUT2D eigenvalue weighted by molar-refractivity contribution is -0.961. The summed E-state index contributed by atoms with van der Waals surface area (Å²) in [5.41, 5.74) is 1.03. The Balaban J connectivity index is 1.62. The van der Waals surface area contributed by atoms with Crippen LogP contribution in [0.2, 0.25) is 0 Å². The van der Waals surface area contributed by atoms with Crippen molar-refractivity contribution in [2.24, 2.45) is 0 Å². The summed E-state index contributed by atoms with van der Waals surface area (Å²) in [7, 11) is 2.26. The summed E-state index contributed by atoms with van der Waals surface area (Å²) in [5, 5.41) is 8.70. The van der Waals surface area contributed by atoms with Gasteiger partial charge in [0.05, 0.1) is 19.1 Å². The van der Waals surface area contributed by atoms with E-state index in [1.165, 1.54) is 0 Å². The van der Waals surface area contributed by atoms with E-state index in [0.717, 1.165) is 42.3 Å². The zero-order valence-electron chi connectivity index (χ0n) is 17.8. The van der Waals surface area contributed by atoms with Crippen LogP contribution in [0.15, 0.2) is 24.3 Å². The molecule has 2 heterocycles. The molecule has 164 valence electrons. The van der Waals surface area contributed by atoms with E-state index in [2.05, 4.69) is 7.05 Å². The van der Waals surface area contributed by atoms with Gasteiger partial charge >= 0.3 is 17.9 Å². The number of hydrogen-bond donors (Lipinski definition) is 1. The molecule has 0 amide bonds. The van der Waals surface area contributed by atoms with Crippen molar-refractivity contribution in [1.29, 1.82) is 0 Å². The first-order valence-electron chi connectivity index (χ1n) is 10.9. The van der Waals surface area contributed by atoms with E-state index < -0.39 is 5.97 Å². The highest BCUT2D eigenvalue weighted by molar-refractivity contribution is 5.72. The average molecular weight is 419 g/mol. The van der Waals surface area contributed by atoms with Gasteiger partial charge < -0.3 is 19.1 Å². The number of nitrogens with zero attached hydrogens (tertiary/aromatic N) is 1. The maximum absolute atomic E-state index is 12.1. The average Bonchev–Trinajstić information content (AvgIpc) is 2.86. The zero-order valence-corrected chi connectivity index (χ0v) is 17.8. The molecule has 1 aromatic carbocycles. The van der Waals surface area contributed by atoms with Crippen LogP contribution in [0.5, 0.6) is 5.75 Å². The first-order valence-corrected chi connectivity index (χ1v) is 10.9. The molecule has 2 fully saturated rings. The number of aliphatic carboxylic acids is 1. The van der Waals surface area contributed by atoms with Gasteiger partial charge in [-0.25, -0.2) is 0 Å². The van der Waals surface area contributed by atoms with Gasteiger partial charge in [0.2, 0.25) is 0 Å². The predicted molar refractivity (Wildman–Crippen MR) is 110 cm³/mol. The molecule has 0 spiro atoms. The predicted octanol–water partition coefficient (Wildman–Crippen LogP) is 3.44. The van der Waals surface area contributed by atoms with Crippen molar-refractivity contribution in [2.75, 3.05) is 7.05 Å². The standard InChI is InChI=1S/C23H31NO6/c1-3-22(27)30-20-8-5-4-7-16(20)15-24(2)17-11-12-18(24)14-19(13-17)29-23(28)10-6-9-21(25)26/h4-5,7-8,17-19H,3,6,9-15H2,1-2H3/p+1/t17-,18+,19?,24?. The van der Waals surface area contributed by atoms with Gasteiger partial charge in [-0.2, -0.15) is 0 Å². The molecule has 0 aliphatic carbocycles. The summed E-state index contributed by atoms with van der Waals surface area (Å²) in [5.74, 6) is -0.790. The van der Waals surface area contributed by atoms with Crippen LogP contribution < -0.4 is 4.74 Å². The molecule has 0 aromatic heterocycles. The first kappa shape index (κ1) is 22.3. The van der Waals surface area contributed by atoms with E-state index in [1.54, 1.807) is 6.92 Å². The van der Waals surface area contributed by atoms with Gasteiger partial charge in [-0.1, -0.05) is 19.1 Å². The minimum absolute atomic E-state index is 0.0119. The number of quaternary nitrogens is 1. The van der Waals surface area contributed by atoms with E-state index >= 15 is 0 Å². The summed E-state index contributed by atoms with van der Waals surface area (Å²) in [4.78, 5) is 34.5. The van der Waals surface area contributed by atoms with E-state index in [9.17, 15) is 14.4 Å². The molecular weight excluding hydrogens is 386 g/mol. The lowest BCUT2D eigenvalue weighted by Gasteiger charge is -2.47. The molecule has 1 N–H and O–H groups in total. The van der Waals surface area contributed by atoms with Gasteiger partial charge in [0.1, 0.15) is 18.4 Å². The fourth-order valence-corrected chi connectivity index (χ4v) is 4.97. The third-order valence-electron chi connectivity index (χ3n) is 6.64. The van der Waals surface area contributed by atoms with Gasteiger partial charge in [0.15, 0.2) is 0 Å². The second-order valence-corrected chi connectivity index (χ2v) is 8.66. The number of piperidine rings is 1. The Bertz CT molecular complexity index is 778. The molecule has 2 aliphatic rings. The minimum atomic E-state index is -0.892. The number of carbonyl (C=O) groups excluding carboxylic acids is 2. The van der Waals surface area contributed by atoms with Crippen molar-refractivity contribution in [3.63, 3.8) is 0 Å². The highest BCUT2D eigenvalue weighted by Crippen LogP contribution is 2.44. The van der Waals surface area contributed by atoms with Gasteiger partial charge in [0, 0.05) is 50.5 Å². The molecule has 1 aromatic rings. The van der Waals surface area contributed by atoms with Crippen LogP contribution in [0, 0.1) is 0 Å². The molecule has 3 rings (SSSR count). The topological polar surface area (TPSA) is 89.9 Å². The molecule has 0 saturated carbocycles. The molecule has 2 unspecified atom stereocenters. The van der Waals surface area contributed by atoms with Gasteiger partial charge in [-0.05, 0) is 18.6 Å². The molecule has 4 atom stereocenters. The SMILES string of the molecule is CCC(=O)Oc1ccccc1C[N+]1(C)[C@@H]2CC[C@H]1CC(OC(=O)CCCC(=O)O)C2. The Morgan fingerprint density at radius 3 is 2.37 bits per heavy atom. The lowest BCUT2D eigenvalue weighted by Crippen LogP contribution is -2.58. The fourth-order valence-electron chi connectivity index (χ4n) is 4.97. The number of ether oxygens (including phenoxy) is 2. The summed E-state index contributed by atoms with van der Waals surface area (Å²) in [6.07, 6.45) is 4.50. The van der Waals surface area contributed by atoms with E-state index in [0.29, 0.717) is 30.7 Å². The number of carboxylic acid groups (broad SMARTS) is 1. The number of fused-ring (bicyclic) bond motifs is 2. The number of carboxylic acids is 1. The molecule has 2 bridgehead atoms. The van der Waals surface area contributed by atoms with Crippen LogP contribution >= 0.6 is 0 Å². The largest absolute Gasteiger partial charge is 0.481 e. The van der Waals surface area contributed by atoms with Crippen LogP contribution in [0.25, 0.3) is 0 Å². The molecule has 2 saturated heterocycles. The molecule has 7 nitrogen and oxygen atoms in total. The third kappa shape index (κ3) is 5.19. The quantitative estimate of drug-likeness (QED) is 0.375. The minimum Gasteiger partial charge on any atom is -0.481 e. The molecule has 30 heavy (non-hydrogen) atoms. The molecule has 7 heteroatoms. The van der Waals surface area contributed by atoms with Crippen LogP contribution in [0.1, 0.15) is 63.9 Å². The van der Waals surface area contributed by atoms with E-state index in [4.69, 9.17) is 14.6 Å². The van der Waals surface area contributed by atoms with Crippen molar-refractivity contribution in [2.45, 2.75) is 83.0 Å². The summed E-state index contributed by atoms with van der Waals surface area (Å²) in [6.45, 7) is 2.56. The summed E-state index contributed by atoms with van der Waals surface area (Å²) >= 11 is 0. The number of para-hydroxylation sites is 1. The maximum Gasteiger partial charge on any atom is 0.310 e. The highest BCUT2D eigenvalue weighted by atomic mass is 16.5. The van der Waals surface area contributed by atoms with Gasteiger partial charge in [-0.3, -0.25) is 14.4 Å². The monoisotopic (exact) mass is 418 g/mol. The van der Waals surface area contributed by atoms with Gasteiger partial charge in [-0.15, -0.1) is 0 Å². The molecule has 2 aliphatic heterocycles. The van der Waals surface area contributed by atoms with Crippen molar-refractivity contribution >= 4 is 17.9 Å². The Morgan fingerprint density at radius 2 is 1.73 bits per heavy atom. The smallest absolute Gasteiger partial charge is 0.310 e. The Morgan fingerprint density at radius 1 is 1.07 bits per heavy atom. The maximum atomic E-state index is 12.1. The number of benzene rings is 1. The van der Waals surface area contributed by atoms with Crippen molar-refractivity contribution in [3.05, 3.63) is 29.8 Å². The Labute approximate surface area is 177 Å². The lowest BCUT2D eigenvalue weighted by atomic mass is 9.95.